The van der Waals surface area contributed by atoms with Gasteiger partial charge in [0.15, 0.2) is 5.75 Å². The van der Waals surface area contributed by atoms with E-state index in [9.17, 15) is 4.79 Å². The average molecular weight is 474 g/mol. The quantitative estimate of drug-likeness (QED) is 0.586. The number of hydrogen-bond donors (Lipinski definition) is 1. The van der Waals surface area contributed by atoms with Crippen LogP contribution in [0.3, 0.4) is 0 Å². The molecular formula is C18H22Br2N2O3. The molecule has 136 valence electrons. The van der Waals surface area contributed by atoms with Crippen LogP contribution in [0.2, 0.25) is 0 Å². The summed E-state index contributed by atoms with van der Waals surface area (Å²) in [7, 11) is 0. The van der Waals surface area contributed by atoms with Gasteiger partial charge in [-0.05, 0) is 68.0 Å². The number of rotatable bonds is 5. The summed E-state index contributed by atoms with van der Waals surface area (Å²) in [5, 5.41) is 17.1. The van der Waals surface area contributed by atoms with Gasteiger partial charge >= 0.3 is 5.97 Å². The molecule has 1 aromatic heterocycles. The molecular weight excluding hydrogens is 452 g/mol. The van der Waals surface area contributed by atoms with E-state index < -0.39 is 5.97 Å². The SMILES string of the molecule is CC.Cc1nnc(Oc2c(Br)cc(CC(=O)O)cc2Br)cc1C(C)C. The van der Waals surface area contributed by atoms with E-state index in [0.29, 0.717) is 32.1 Å². The van der Waals surface area contributed by atoms with Gasteiger partial charge in [-0.2, -0.15) is 5.10 Å². The highest BCUT2D eigenvalue weighted by molar-refractivity contribution is 9.11. The minimum absolute atomic E-state index is 0.0562. The van der Waals surface area contributed by atoms with E-state index in [1.54, 1.807) is 12.1 Å². The summed E-state index contributed by atoms with van der Waals surface area (Å²) in [6.45, 7) is 10.1. The van der Waals surface area contributed by atoms with Gasteiger partial charge in [-0.25, -0.2) is 0 Å². The van der Waals surface area contributed by atoms with Gasteiger partial charge in [0.1, 0.15) is 0 Å². The molecule has 0 bridgehead atoms. The summed E-state index contributed by atoms with van der Waals surface area (Å²) >= 11 is 6.82. The van der Waals surface area contributed by atoms with Gasteiger partial charge in [-0.1, -0.05) is 27.7 Å². The Hall–Kier alpha value is -1.47. The maximum atomic E-state index is 10.8. The highest BCUT2D eigenvalue weighted by Gasteiger charge is 2.14. The maximum Gasteiger partial charge on any atom is 0.307 e. The molecule has 0 aliphatic rings. The van der Waals surface area contributed by atoms with Crippen molar-refractivity contribution in [2.75, 3.05) is 0 Å². The summed E-state index contributed by atoms with van der Waals surface area (Å²) in [6.07, 6.45) is -0.0562. The number of aryl methyl sites for hydroxylation is 1. The Morgan fingerprint density at radius 3 is 2.20 bits per heavy atom. The molecule has 0 fully saturated rings. The number of aliphatic carboxylic acids is 1. The first-order chi connectivity index (χ1) is 11.8. The van der Waals surface area contributed by atoms with Gasteiger partial charge in [0.2, 0.25) is 5.88 Å². The third-order valence-electron chi connectivity index (χ3n) is 3.24. The molecule has 0 saturated carbocycles. The number of carboxylic acid groups (broad SMARTS) is 1. The van der Waals surface area contributed by atoms with Crippen LogP contribution in [0.15, 0.2) is 27.1 Å². The standard InChI is InChI=1S/C16H16Br2N2O3.C2H6/c1-8(2)11-7-14(20-19-9(11)3)23-16-12(17)4-10(5-13(16)18)6-15(21)22;1-2/h4-5,7-8H,6H2,1-3H3,(H,21,22);1-2H3. The fourth-order valence-electron chi connectivity index (χ4n) is 2.17. The normalized spacial score (nSPS) is 10.2. The van der Waals surface area contributed by atoms with Gasteiger partial charge in [0, 0.05) is 6.07 Å². The minimum atomic E-state index is -0.886. The molecule has 0 aliphatic heterocycles. The number of carbonyl (C=O) groups is 1. The number of ether oxygens (including phenoxy) is 1. The second kappa shape index (κ2) is 9.87. The Balaban J connectivity index is 0.00000151. The van der Waals surface area contributed by atoms with Gasteiger partial charge in [-0.15, -0.1) is 5.10 Å². The second-order valence-corrected chi connectivity index (χ2v) is 7.15. The fourth-order valence-corrected chi connectivity index (χ4v) is 3.62. The van der Waals surface area contributed by atoms with Crippen LogP contribution in [-0.2, 0) is 11.2 Å². The van der Waals surface area contributed by atoms with E-state index >= 15 is 0 Å². The zero-order valence-electron chi connectivity index (χ0n) is 14.9. The first kappa shape index (κ1) is 21.6. The summed E-state index contributed by atoms with van der Waals surface area (Å²) < 4.78 is 7.13. The predicted molar refractivity (Wildman–Crippen MR) is 105 cm³/mol. The molecule has 25 heavy (non-hydrogen) atoms. The Morgan fingerprint density at radius 1 is 1.16 bits per heavy atom. The average Bonchev–Trinajstić information content (AvgIpc) is 2.53. The molecule has 0 aliphatic carbocycles. The third kappa shape index (κ3) is 6.08. The van der Waals surface area contributed by atoms with E-state index in [1.807, 2.05) is 26.8 Å². The Kier molecular flexibility index (Phi) is 8.52. The van der Waals surface area contributed by atoms with Crippen LogP contribution in [0.25, 0.3) is 0 Å². The Labute approximate surface area is 165 Å². The van der Waals surface area contributed by atoms with Crippen LogP contribution in [0.5, 0.6) is 11.6 Å². The van der Waals surface area contributed by atoms with E-state index in [0.717, 1.165) is 11.3 Å². The van der Waals surface area contributed by atoms with Crippen molar-refractivity contribution in [1.82, 2.24) is 10.2 Å². The van der Waals surface area contributed by atoms with Crippen LogP contribution >= 0.6 is 31.9 Å². The summed E-state index contributed by atoms with van der Waals surface area (Å²) in [4.78, 5) is 10.8. The topological polar surface area (TPSA) is 72.3 Å². The molecule has 1 heterocycles. The molecule has 0 amide bonds. The highest BCUT2D eigenvalue weighted by Crippen LogP contribution is 2.38. The molecule has 7 heteroatoms. The number of hydrogen-bond acceptors (Lipinski definition) is 4. The van der Waals surface area contributed by atoms with Crippen LogP contribution in [0.1, 0.15) is 50.4 Å². The highest BCUT2D eigenvalue weighted by atomic mass is 79.9. The van der Waals surface area contributed by atoms with Gasteiger partial charge in [0.05, 0.1) is 21.1 Å². The molecule has 0 saturated heterocycles. The molecule has 2 aromatic rings. The lowest BCUT2D eigenvalue weighted by molar-refractivity contribution is -0.136. The number of aromatic nitrogens is 2. The second-order valence-electron chi connectivity index (χ2n) is 5.44. The van der Waals surface area contributed by atoms with Crippen molar-refractivity contribution < 1.29 is 14.6 Å². The number of halogens is 2. The van der Waals surface area contributed by atoms with Crippen molar-refractivity contribution in [1.29, 1.82) is 0 Å². The largest absolute Gasteiger partial charge is 0.481 e. The van der Waals surface area contributed by atoms with Gasteiger partial charge < -0.3 is 9.84 Å². The van der Waals surface area contributed by atoms with Crippen molar-refractivity contribution >= 4 is 37.8 Å². The molecule has 2 rings (SSSR count). The monoisotopic (exact) mass is 472 g/mol. The predicted octanol–water partition coefficient (Wildman–Crippen LogP) is 5.88. The molecule has 5 nitrogen and oxygen atoms in total. The van der Waals surface area contributed by atoms with Crippen molar-refractivity contribution in [3.8, 4) is 11.6 Å². The van der Waals surface area contributed by atoms with Crippen LogP contribution in [0, 0.1) is 6.92 Å². The van der Waals surface area contributed by atoms with E-state index in [-0.39, 0.29) is 6.42 Å². The van der Waals surface area contributed by atoms with Crippen molar-refractivity contribution in [2.45, 2.75) is 47.0 Å². The fraction of sp³-hybridized carbons (Fsp3) is 0.389. The van der Waals surface area contributed by atoms with Crippen LogP contribution < -0.4 is 4.74 Å². The maximum absolute atomic E-state index is 10.8. The van der Waals surface area contributed by atoms with Gasteiger partial charge in [-0.3, -0.25) is 4.79 Å². The van der Waals surface area contributed by atoms with Crippen molar-refractivity contribution in [2.24, 2.45) is 0 Å². The lowest BCUT2D eigenvalue weighted by Crippen LogP contribution is -2.02. The first-order valence-electron chi connectivity index (χ1n) is 7.99. The van der Waals surface area contributed by atoms with E-state index in [1.165, 1.54) is 0 Å². The summed E-state index contributed by atoms with van der Waals surface area (Å²) in [6, 6.07) is 5.31. The third-order valence-corrected chi connectivity index (χ3v) is 4.42. The first-order valence-corrected chi connectivity index (χ1v) is 9.58. The van der Waals surface area contributed by atoms with Gasteiger partial charge in [0.25, 0.3) is 0 Å². The Bertz CT molecular complexity index is 726. The molecule has 0 radical (unpaired) electrons. The number of carboxylic acids is 1. The lowest BCUT2D eigenvalue weighted by atomic mass is 10.0. The lowest BCUT2D eigenvalue weighted by Gasteiger charge is -2.13. The van der Waals surface area contributed by atoms with E-state index in [2.05, 4.69) is 55.9 Å². The molecule has 0 spiro atoms. The van der Waals surface area contributed by atoms with Crippen molar-refractivity contribution in [3.05, 3.63) is 44.0 Å². The minimum Gasteiger partial charge on any atom is -0.481 e. The summed E-state index contributed by atoms with van der Waals surface area (Å²) in [5.74, 6) is 0.361. The molecule has 0 unspecified atom stereocenters. The zero-order chi connectivity index (χ0) is 19.1. The molecule has 1 N–H and O–H groups in total. The number of benzene rings is 1. The Morgan fingerprint density at radius 2 is 1.72 bits per heavy atom. The van der Waals surface area contributed by atoms with Crippen LogP contribution in [0.4, 0.5) is 0 Å². The molecule has 1 aromatic carbocycles. The smallest absolute Gasteiger partial charge is 0.307 e. The van der Waals surface area contributed by atoms with Crippen LogP contribution in [-0.4, -0.2) is 21.3 Å². The summed E-state index contributed by atoms with van der Waals surface area (Å²) in [5.41, 5.74) is 2.62. The molecule has 0 atom stereocenters. The number of nitrogens with zero attached hydrogens (tertiary/aromatic N) is 2. The van der Waals surface area contributed by atoms with E-state index in [4.69, 9.17) is 9.84 Å². The van der Waals surface area contributed by atoms with Crippen molar-refractivity contribution in [3.63, 3.8) is 0 Å². The zero-order valence-corrected chi connectivity index (χ0v) is 18.1.